The molecule has 0 unspecified atom stereocenters. The van der Waals surface area contributed by atoms with E-state index in [9.17, 15) is 0 Å². The van der Waals surface area contributed by atoms with Gasteiger partial charge in [-0.3, -0.25) is 0 Å². The van der Waals surface area contributed by atoms with Gasteiger partial charge < -0.3 is 5.73 Å². The van der Waals surface area contributed by atoms with Crippen molar-refractivity contribution in [1.29, 1.82) is 0 Å². The monoisotopic (exact) mass is 236 g/mol. The lowest BCUT2D eigenvalue weighted by Gasteiger charge is -2.03. The van der Waals surface area contributed by atoms with Crippen LogP contribution < -0.4 is 5.73 Å². The Balaban J connectivity index is 2.53. The van der Waals surface area contributed by atoms with Crippen LogP contribution in [-0.4, -0.2) is 31.0 Å². The van der Waals surface area contributed by atoms with Crippen molar-refractivity contribution in [2.75, 3.05) is 12.0 Å². The summed E-state index contributed by atoms with van der Waals surface area (Å²) in [5, 5.41) is 4.86. The summed E-state index contributed by atoms with van der Waals surface area (Å²) in [6.07, 6.45) is 1.90. The Labute approximate surface area is 97.3 Å². The Bertz CT molecular complexity index is 500. The number of nitrogen functional groups attached to an aromatic ring is 1. The summed E-state index contributed by atoms with van der Waals surface area (Å²) in [4.78, 5) is 12.6. The first kappa shape index (κ1) is 10.9. The predicted octanol–water partition coefficient (Wildman–Crippen LogP) is 0.978. The summed E-state index contributed by atoms with van der Waals surface area (Å²) in [6.45, 7) is 3.74. The average molecular weight is 236 g/mol. The zero-order chi connectivity index (χ0) is 11.7. The van der Waals surface area contributed by atoms with Gasteiger partial charge in [0, 0.05) is 11.8 Å². The highest BCUT2D eigenvalue weighted by Crippen LogP contribution is 2.15. The Morgan fingerprint density at radius 3 is 2.56 bits per heavy atom. The number of aromatic nitrogens is 5. The van der Waals surface area contributed by atoms with Gasteiger partial charge in [0.05, 0.1) is 0 Å². The third kappa shape index (κ3) is 1.99. The molecule has 0 atom stereocenters. The van der Waals surface area contributed by atoms with Gasteiger partial charge in [-0.15, -0.1) is 5.10 Å². The molecule has 0 radical (unpaired) electrons. The molecule has 0 bridgehead atoms. The highest BCUT2D eigenvalue weighted by atomic mass is 32.2. The van der Waals surface area contributed by atoms with Crippen LogP contribution >= 0.6 is 11.8 Å². The number of aryl methyl sites for hydroxylation is 2. The SMILES string of the molecule is CSc1nc(N)n(-c2cc(C)nc(C)n2)n1. The van der Waals surface area contributed by atoms with Crippen LogP contribution in [0.4, 0.5) is 5.95 Å². The van der Waals surface area contributed by atoms with Crippen LogP contribution in [0, 0.1) is 13.8 Å². The number of hydrogen-bond donors (Lipinski definition) is 1. The largest absolute Gasteiger partial charge is 0.368 e. The summed E-state index contributed by atoms with van der Waals surface area (Å²) < 4.78 is 1.52. The molecule has 6 nitrogen and oxygen atoms in total. The second-order valence-electron chi connectivity index (χ2n) is 3.28. The number of nitrogens with zero attached hydrogens (tertiary/aromatic N) is 5. The summed E-state index contributed by atoms with van der Waals surface area (Å²) in [6, 6.07) is 1.82. The van der Waals surface area contributed by atoms with Gasteiger partial charge in [0.15, 0.2) is 5.82 Å². The molecule has 2 N–H and O–H groups in total. The maximum atomic E-state index is 5.76. The second-order valence-corrected chi connectivity index (χ2v) is 4.06. The van der Waals surface area contributed by atoms with E-state index in [1.165, 1.54) is 16.4 Å². The van der Waals surface area contributed by atoms with Crippen molar-refractivity contribution < 1.29 is 0 Å². The quantitative estimate of drug-likeness (QED) is 0.783. The lowest BCUT2D eigenvalue weighted by Crippen LogP contribution is -2.06. The number of hydrogen-bond acceptors (Lipinski definition) is 6. The van der Waals surface area contributed by atoms with E-state index in [2.05, 4.69) is 20.1 Å². The average Bonchev–Trinajstić information content (AvgIpc) is 2.58. The second kappa shape index (κ2) is 4.09. The molecule has 16 heavy (non-hydrogen) atoms. The summed E-state index contributed by atoms with van der Waals surface area (Å²) in [7, 11) is 0. The topological polar surface area (TPSA) is 82.5 Å². The van der Waals surface area contributed by atoms with Crippen molar-refractivity contribution in [3.05, 3.63) is 17.6 Å². The fraction of sp³-hybridized carbons (Fsp3) is 0.333. The van der Waals surface area contributed by atoms with Crippen molar-refractivity contribution in [2.24, 2.45) is 0 Å². The molecule has 0 spiro atoms. The molecule has 7 heteroatoms. The summed E-state index contributed by atoms with van der Waals surface area (Å²) >= 11 is 1.44. The Morgan fingerprint density at radius 1 is 1.25 bits per heavy atom. The van der Waals surface area contributed by atoms with Gasteiger partial charge in [-0.2, -0.15) is 9.67 Å². The molecule has 2 aromatic heterocycles. The molecule has 2 aromatic rings. The van der Waals surface area contributed by atoms with E-state index in [1.807, 2.05) is 26.2 Å². The van der Waals surface area contributed by atoms with Crippen LogP contribution in [-0.2, 0) is 0 Å². The standard InChI is InChI=1S/C9H12N6S/c1-5-4-7(12-6(2)11-5)15-8(10)13-9(14-15)16-3/h4H,1-3H3,(H2,10,13,14). The lowest BCUT2D eigenvalue weighted by molar-refractivity contribution is 0.799. The van der Waals surface area contributed by atoms with Gasteiger partial charge in [0.2, 0.25) is 11.1 Å². The smallest absolute Gasteiger partial charge is 0.225 e. The van der Waals surface area contributed by atoms with E-state index in [0.29, 0.717) is 22.7 Å². The molecule has 0 saturated carbocycles. The van der Waals surface area contributed by atoms with Gasteiger partial charge in [-0.25, -0.2) is 9.97 Å². The fourth-order valence-electron chi connectivity index (χ4n) is 1.37. The van der Waals surface area contributed by atoms with Gasteiger partial charge in [-0.05, 0) is 20.1 Å². The molecule has 0 amide bonds. The molecule has 0 aromatic carbocycles. The van der Waals surface area contributed by atoms with E-state index in [0.717, 1.165) is 5.69 Å². The highest BCUT2D eigenvalue weighted by Gasteiger charge is 2.10. The highest BCUT2D eigenvalue weighted by molar-refractivity contribution is 7.98. The first-order valence-electron chi connectivity index (χ1n) is 4.69. The zero-order valence-electron chi connectivity index (χ0n) is 9.30. The van der Waals surface area contributed by atoms with Crippen molar-refractivity contribution in [3.8, 4) is 5.82 Å². The Morgan fingerprint density at radius 2 is 2.00 bits per heavy atom. The molecule has 2 heterocycles. The van der Waals surface area contributed by atoms with Crippen molar-refractivity contribution in [3.63, 3.8) is 0 Å². The van der Waals surface area contributed by atoms with E-state index in [-0.39, 0.29) is 0 Å². The van der Waals surface area contributed by atoms with Crippen LogP contribution in [0.1, 0.15) is 11.5 Å². The van der Waals surface area contributed by atoms with Gasteiger partial charge in [-0.1, -0.05) is 11.8 Å². The molecular weight excluding hydrogens is 224 g/mol. The molecule has 2 rings (SSSR count). The summed E-state index contributed by atoms with van der Waals surface area (Å²) in [5.41, 5.74) is 6.64. The van der Waals surface area contributed by atoms with Crippen molar-refractivity contribution in [2.45, 2.75) is 19.0 Å². The molecule has 0 aliphatic heterocycles. The molecule has 84 valence electrons. The van der Waals surface area contributed by atoms with Gasteiger partial charge >= 0.3 is 0 Å². The maximum Gasteiger partial charge on any atom is 0.225 e. The lowest BCUT2D eigenvalue weighted by atomic mass is 10.4. The predicted molar refractivity (Wildman–Crippen MR) is 62.6 cm³/mol. The molecule has 0 saturated heterocycles. The van der Waals surface area contributed by atoms with E-state index >= 15 is 0 Å². The minimum Gasteiger partial charge on any atom is -0.368 e. The van der Waals surface area contributed by atoms with Gasteiger partial charge in [0.1, 0.15) is 5.82 Å². The number of rotatable bonds is 2. The zero-order valence-corrected chi connectivity index (χ0v) is 10.1. The first-order chi connectivity index (χ1) is 7.60. The molecule has 0 aliphatic rings. The van der Waals surface area contributed by atoms with Crippen LogP contribution in [0.5, 0.6) is 0 Å². The van der Waals surface area contributed by atoms with E-state index < -0.39 is 0 Å². The van der Waals surface area contributed by atoms with E-state index in [4.69, 9.17) is 5.73 Å². The van der Waals surface area contributed by atoms with E-state index in [1.54, 1.807) is 0 Å². The normalized spacial score (nSPS) is 10.7. The molecule has 0 aliphatic carbocycles. The van der Waals surface area contributed by atoms with Crippen molar-refractivity contribution >= 4 is 17.7 Å². The Hall–Kier alpha value is -1.63. The third-order valence-electron chi connectivity index (χ3n) is 1.96. The van der Waals surface area contributed by atoms with Crippen LogP contribution in [0.3, 0.4) is 0 Å². The fourth-order valence-corrected chi connectivity index (χ4v) is 1.71. The van der Waals surface area contributed by atoms with Crippen LogP contribution in [0.15, 0.2) is 11.2 Å². The maximum absolute atomic E-state index is 5.76. The van der Waals surface area contributed by atoms with Gasteiger partial charge in [0.25, 0.3) is 0 Å². The molecular formula is C9H12N6S. The molecule has 0 fully saturated rings. The van der Waals surface area contributed by atoms with Crippen molar-refractivity contribution in [1.82, 2.24) is 24.7 Å². The minimum absolute atomic E-state index is 0.335. The number of nitrogens with two attached hydrogens (primary N) is 1. The minimum atomic E-state index is 0.335. The summed E-state index contributed by atoms with van der Waals surface area (Å²) in [5.74, 6) is 1.67. The van der Waals surface area contributed by atoms with Crippen LogP contribution in [0.25, 0.3) is 5.82 Å². The first-order valence-corrected chi connectivity index (χ1v) is 5.92. The third-order valence-corrected chi connectivity index (χ3v) is 2.50. The number of thioether (sulfide) groups is 1. The Kier molecular flexibility index (Phi) is 2.78. The number of anilines is 1. The van der Waals surface area contributed by atoms with Crippen LogP contribution in [0.2, 0.25) is 0 Å².